The fourth-order valence-electron chi connectivity index (χ4n) is 5.50. The molecule has 4 rings (SSSR count). The third kappa shape index (κ3) is 7.58. The van der Waals surface area contributed by atoms with Crippen molar-refractivity contribution in [2.45, 2.75) is 54.3 Å². The van der Waals surface area contributed by atoms with Crippen LogP contribution in [0.3, 0.4) is 0 Å². The van der Waals surface area contributed by atoms with Gasteiger partial charge in [-0.1, -0.05) is 24.3 Å². The summed E-state index contributed by atoms with van der Waals surface area (Å²) in [5.74, 6) is -0.855. The number of allylic oxidation sites excluding steroid dienone is 1. The van der Waals surface area contributed by atoms with Crippen molar-refractivity contribution in [2.24, 2.45) is 0 Å². The highest BCUT2D eigenvalue weighted by atomic mass is 32.2. The summed E-state index contributed by atoms with van der Waals surface area (Å²) in [5.41, 5.74) is -2.90. The molecule has 2 heterocycles. The number of aliphatic hydroxyl groups is 1. The highest BCUT2D eigenvalue weighted by molar-refractivity contribution is 7.91. The molecular weight excluding hydrogens is 653 g/mol. The van der Waals surface area contributed by atoms with E-state index in [0.717, 1.165) is 52.1 Å². The molecule has 0 spiro atoms. The van der Waals surface area contributed by atoms with Gasteiger partial charge >= 0.3 is 23.2 Å². The Kier molecular flexibility index (Phi) is 9.74. The average molecular weight is 683 g/mol. The van der Waals surface area contributed by atoms with Crippen LogP contribution in [0.25, 0.3) is 0 Å². The maximum Gasteiger partial charge on any atom is 0.416 e. The van der Waals surface area contributed by atoms with Crippen LogP contribution >= 0.6 is 0 Å². The largest absolute Gasteiger partial charge is 0.465 e. The number of hydrogen-bond acceptors (Lipinski definition) is 10. The predicted octanol–water partition coefficient (Wildman–Crippen LogP) is 4.28. The Bertz CT molecular complexity index is 1790. The molecule has 252 valence electrons. The number of alkyl halides is 3. The summed E-state index contributed by atoms with van der Waals surface area (Å²) in [6, 6.07) is 6.10. The monoisotopic (exact) mass is 682 g/mol. The number of piperazine rings is 1. The van der Waals surface area contributed by atoms with Crippen LogP contribution in [0, 0.1) is 20.2 Å². The van der Waals surface area contributed by atoms with Crippen LogP contribution in [0.4, 0.5) is 29.5 Å². The molecule has 0 radical (unpaired) electrons. The van der Waals surface area contributed by atoms with Gasteiger partial charge in [0.25, 0.3) is 15.5 Å². The first-order valence-corrected chi connectivity index (χ1v) is 15.3. The minimum atomic E-state index is -4.62. The Balaban J connectivity index is 1.72. The summed E-state index contributed by atoms with van der Waals surface area (Å²) < 4.78 is 67.7. The molecule has 3 unspecified atom stereocenters. The molecule has 1 saturated heterocycles. The van der Waals surface area contributed by atoms with Crippen LogP contribution in [0.1, 0.15) is 31.0 Å². The molecule has 19 heteroatoms. The number of aromatic nitrogens is 2. The van der Waals surface area contributed by atoms with Crippen molar-refractivity contribution in [3.05, 3.63) is 98.2 Å². The fraction of sp³-hybridized carbons (Fsp3) is 0.357. The molecule has 1 aromatic heterocycles. The van der Waals surface area contributed by atoms with Gasteiger partial charge in [0, 0.05) is 31.8 Å². The van der Waals surface area contributed by atoms with Crippen molar-refractivity contribution in [3.8, 4) is 0 Å². The third-order valence-electron chi connectivity index (χ3n) is 7.49. The number of nitro groups is 2. The van der Waals surface area contributed by atoms with Crippen LogP contribution in [0.5, 0.6) is 0 Å². The first-order valence-electron chi connectivity index (χ1n) is 13.8. The number of hydrogen-bond donors (Lipinski definition) is 2. The average Bonchev–Trinajstić information content (AvgIpc) is 3.41. The van der Waals surface area contributed by atoms with Crippen molar-refractivity contribution in [2.75, 3.05) is 19.6 Å². The van der Waals surface area contributed by atoms with E-state index >= 15 is 0 Å². The molecule has 2 aromatic carbocycles. The van der Waals surface area contributed by atoms with Gasteiger partial charge in [-0.2, -0.15) is 13.2 Å². The number of non-ortho nitro benzene ring substituents is 1. The lowest BCUT2D eigenvalue weighted by molar-refractivity contribution is -0.389. The Hall–Kier alpha value is -4.88. The number of nitro benzene ring substituents is 1. The maximum atomic E-state index is 13.5. The second kappa shape index (κ2) is 13.1. The summed E-state index contributed by atoms with van der Waals surface area (Å²) >= 11 is 0. The first-order chi connectivity index (χ1) is 21.9. The van der Waals surface area contributed by atoms with Crippen molar-refractivity contribution in [1.82, 2.24) is 19.4 Å². The summed E-state index contributed by atoms with van der Waals surface area (Å²) in [6.45, 7) is 2.04. The van der Waals surface area contributed by atoms with Crippen LogP contribution in [-0.4, -0.2) is 85.2 Å². The number of nitrogens with zero attached hydrogens (tertiary/aromatic N) is 6. The molecular formula is C28H29F3N6O9S. The second-order valence-corrected chi connectivity index (χ2v) is 12.9. The fourth-order valence-corrected chi connectivity index (χ4v) is 6.85. The molecule has 1 amide bonds. The van der Waals surface area contributed by atoms with Gasteiger partial charge in [-0.25, -0.2) is 13.2 Å². The number of β-amino-alcohol motifs (C(OH)–C–C–N with tert-alkyl or cyclic N) is 1. The third-order valence-corrected chi connectivity index (χ3v) is 9.19. The molecule has 3 atom stereocenters. The molecule has 0 aliphatic carbocycles. The van der Waals surface area contributed by atoms with Crippen molar-refractivity contribution in [1.29, 1.82) is 0 Å². The minimum Gasteiger partial charge on any atom is -0.465 e. The van der Waals surface area contributed by atoms with E-state index in [-0.39, 0.29) is 19.6 Å². The van der Waals surface area contributed by atoms with Gasteiger partial charge in [0.05, 0.1) is 39.6 Å². The minimum absolute atomic E-state index is 0.0141. The number of imidazole rings is 1. The molecule has 15 nitrogen and oxygen atoms in total. The molecule has 2 N–H and O–H groups in total. The molecule has 1 aliphatic rings. The lowest BCUT2D eigenvalue weighted by Crippen LogP contribution is -2.58. The molecule has 1 fully saturated rings. The first kappa shape index (κ1) is 35.0. The highest BCUT2D eigenvalue weighted by Crippen LogP contribution is 2.36. The van der Waals surface area contributed by atoms with E-state index < -0.39 is 83.3 Å². The SMILES string of the molecule is CC=CC1C(c2ccc(C(F)(F)F)cc2)N(CC(C)(O)Cn2cc([N+](=O)[O-])nc2S(=O)(=O)c2ccc([N+](=O)[O-])cc2)CCN1C(=O)O. The Morgan fingerprint density at radius 2 is 1.66 bits per heavy atom. The zero-order chi connectivity index (χ0) is 34.9. The van der Waals surface area contributed by atoms with Crippen molar-refractivity contribution < 1.29 is 46.4 Å². The zero-order valence-electron chi connectivity index (χ0n) is 24.8. The van der Waals surface area contributed by atoms with Gasteiger partial charge in [0.2, 0.25) is 0 Å². The van der Waals surface area contributed by atoms with Crippen molar-refractivity contribution >= 4 is 27.4 Å². The van der Waals surface area contributed by atoms with Crippen LogP contribution < -0.4 is 0 Å². The highest BCUT2D eigenvalue weighted by Gasteiger charge is 2.42. The standard InChI is InChI=1S/C28H29F3N6O9S/c1-3-4-22-24(18-5-7-19(8-6-18)28(29,30)31)33(13-14-35(22)26(38)39)16-27(2,40)17-34-15-23(37(43)44)32-25(34)47(45,46)21-11-9-20(10-12-21)36(41)42/h3-12,15,22,24,40H,13-14,16-17H2,1-2H3,(H,38,39). The lowest BCUT2D eigenvalue weighted by Gasteiger charge is -2.47. The number of amides is 1. The number of carbonyl (C=O) groups is 1. The molecule has 0 bridgehead atoms. The maximum absolute atomic E-state index is 13.5. The van der Waals surface area contributed by atoms with E-state index in [1.807, 2.05) is 0 Å². The molecule has 3 aromatic rings. The summed E-state index contributed by atoms with van der Waals surface area (Å²) in [7, 11) is -4.61. The summed E-state index contributed by atoms with van der Waals surface area (Å²) in [5, 5.41) is 43.2. The lowest BCUT2D eigenvalue weighted by atomic mass is 9.91. The number of rotatable bonds is 10. The zero-order valence-corrected chi connectivity index (χ0v) is 25.6. The second-order valence-electron chi connectivity index (χ2n) is 11.0. The van der Waals surface area contributed by atoms with Crippen molar-refractivity contribution in [3.63, 3.8) is 0 Å². The molecule has 0 saturated carbocycles. The van der Waals surface area contributed by atoms with E-state index in [9.17, 15) is 56.8 Å². The normalized spacial score (nSPS) is 19.1. The van der Waals surface area contributed by atoms with Gasteiger partial charge in [-0.3, -0.25) is 24.5 Å². The smallest absolute Gasteiger partial charge is 0.416 e. The van der Waals surface area contributed by atoms with Gasteiger partial charge in [0.15, 0.2) is 0 Å². The summed E-state index contributed by atoms with van der Waals surface area (Å²) in [4.78, 5) is 39.0. The molecule has 1 aliphatic heterocycles. The van der Waals surface area contributed by atoms with Gasteiger partial charge < -0.3 is 20.3 Å². The Morgan fingerprint density at radius 3 is 2.17 bits per heavy atom. The molecule has 47 heavy (non-hydrogen) atoms. The van der Waals surface area contributed by atoms with E-state index in [1.165, 1.54) is 19.1 Å². The van der Waals surface area contributed by atoms with E-state index in [2.05, 4.69) is 4.98 Å². The van der Waals surface area contributed by atoms with Crippen LogP contribution in [0.15, 0.2) is 76.9 Å². The summed E-state index contributed by atoms with van der Waals surface area (Å²) in [6.07, 6.45) is -1.94. The van der Waals surface area contributed by atoms with Gasteiger partial charge in [-0.05, 0) is 53.6 Å². The van der Waals surface area contributed by atoms with Crippen LogP contribution in [-0.2, 0) is 22.6 Å². The quantitative estimate of drug-likeness (QED) is 0.176. The Morgan fingerprint density at radius 1 is 1.04 bits per heavy atom. The van der Waals surface area contributed by atoms with Crippen LogP contribution in [0.2, 0.25) is 0 Å². The van der Waals surface area contributed by atoms with E-state index in [0.29, 0.717) is 5.56 Å². The van der Waals surface area contributed by atoms with Gasteiger partial charge in [0.1, 0.15) is 6.20 Å². The van der Waals surface area contributed by atoms with E-state index in [4.69, 9.17) is 0 Å². The number of carboxylic acid groups (broad SMARTS) is 1. The topological polar surface area (TPSA) is 202 Å². The number of benzene rings is 2. The number of sulfone groups is 1. The Labute approximate surface area is 265 Å². The van der Waals surface area contributed by atoms with Gasteiger partial charge in [-0.15, -0.1) is 0 Å². The number of halogens is 3. The van der Waals surface area contributed by atoms with E-state index in [1.54, 1.807) is 24.0 Å². The predicted molar refractivity (Wildman–Crippen MR) is 157 cm³/mol.